The molecule has 1 amide bonds. The number of ether oxygens (including phenoxy) is 1. The lowest BCUT2D eigenvalue weighted by Gasteiger charge is -2.28. The molecule has 0 bridgehead atoms. The third-order valence-electron chi connectivity index (χ3n) is 4.01. The molecule has 0 spiro atoms. The van der Waals surface area contributed by atoms with Crippen molar-refractivity contribution in [2.75, 3.05) is 31.7 Å². The van der Waals surface area contributed by atoms with Crippen molar-refractivity contribution in [1.82, 2.24) is 4.90 Å². The van der Waals surface area contributed by atoms with E-state index in [-0.39, 0.29) is 24.8 Å². The van der Waals surface area contributed by atoms with Gasteiger partial charge >= 0.3 is 0 Å². The van der Waals surface area contributed by atoms with E-state index < -0.39 is 9.84 Å². The number of benzene rings is 1. The number of amides is 1. The van der Waals surface area contributed by atoms with Crippen LogP contribution >= 0.6 is 0 Å². The Morgan fingerprint density at radius 1 is 1.42 bits per heavy atom. The molecule has 0 radical (unpaired) electrons. The Bertz CT molecular complexity index is 743. The van der Waals surface area contributed by atoms with Crippen molar-refractivity contribution < 1.29 is 22.3 Å². The predicted molar refractivity (Wildman–Crippen MR) is 90.7 cm³/mol. The minimum absolute atomic E-state index is 0.0371. The summed E-state index contributed by atoms with van der Waals surface area (Å²) in [6.07, 6.45) is 2.94. The SMILES string of the molecule is CC/C(=C\F)COc1ccc2c(c1)CCN(CCS(C)(=O)=O)C2=O. The van der Waals surface area contributed by atoms with Gasteiger partial charge in [0, 0.05) is 24.9 Å². The van der Waals surface area contributed by atoms with E-state index in [2.05, 4.69) is 0 Å². The number of hydrogen-bond donors (Lipinski definition) is 0. The van der Waals surface area contributed by atoms with E-state index in [1.54, 1.807) is 23.1 Å². The number of rotatable bonds is 7. The molecular formula is C17H22FNO4S. The highest BCUT2D eigenvalue weighted by Gasteiger charge is 2.25. The molecule has 0 aromatic heterocycles. The first-order chi connectivity index (χ1) is 11.3. The minimum atomic E-state index is -3.10. The Morgan fingerprint density at radius 3 is 2.79 bits per heavy atom. The molecule has 7 heteroatoms. The molecule has 1 aliphatic rings. The molecule has 1 aliphatic heterocycles. The second kappa shape index (κ2) is 7.79. The summed E-state index contributed by atoms with van der Waals surface area (Å²) in [5, 5.41) is 0. The van der Waals surface area contributed by atoms with Gasteiger partial charge in [-0.05, 0) is 42.2 Å². The van der Waals surface area contributed by atoms with Gasteiger partial charge in [-0.25, -0.2) is 12.8 Å². The molecular weight excluding hydrogens is 333 g/mol. The molecule has 0 saturated heterocycles. The number of fused-ring (bicyclic) bond motifs is 1. The molecule has 1 aromatic carbocycles. The Labute approximate surface area is 142 Å². The highest BCUT2D eigenvalue weighted by molar-refractivity contribution is 7.90. The van der Waals surface area contributed by atoms with Gasteiger partial charge in [0.25, 0.3) is 5.91 Å². The maximum atomic E-state index is 12.5. The van der Waals surface area contributed by atoms with Crippen LogP contribution in [0.15, 0.2) is 30.1 Å². The van der Waals surface area contributed by atoms with Gasteiger partial charge in [0.15, 0.2) is 0 Å². The third-order valence-corrected chi connectivity index (χ3v) is 4.93. The molecule has 0 atom stereocenters. The van der Waals surface area contributed by atoms with Crippen LogP contribution in [0.3, 0.4) is 0 Å². The zero-order valence-electron chi connectivity index (χ0n) is 13.9. The Hall–Kier alpha value is -1.89. The minimum Gasteiger partial charge on any atom is -0.489 e. The van der Waals surface area contributed by atoms with Gasteiger partial charge < -0.3 is 9.64 Å². The second-order valence-electron chi connectivity index (χ2n) is 5.90. The van der Waals surface area contributed by atoms with Crippen LogP contribution in [0.2, 0.25) is 0 Å². The lowest BCUT2D eigenvalue weighted by molar-refractivity contribution is 0.0750. The molecule has 24 heavy (non-hydrogen) atoms. The lowest BCUT2D eigenvalue weighted by Crippen LogP contribution is -2.40. The first-order valence-corrected chi connectivity index (χ1v) is 9.91. The van der Waals surface area contributed by atoms with Gasteiger partial charge in [0.05, 0.1) is 12.1 Å². The zero-order chi connectivity index (χ0) is 17.7. The van der Waals surface area contributed by atoms with Crippen molar-refractivity contribution in [1.29, 1.82) is 0 Å². The first-order valence-electron chi connectivity index (χ1n) is 7.85. The number of sulfone groups is 1. The van der Waals surface area contributed by atoms with Crippen LogP contribution in [0, 0.1) is 0 Å². The van der Waals surface area contributed by atoms with Gasteiger partial charge in [-0.3, -0.25) is 4.79 Å². The van der Waals surface area contributed by atoms with Gasteiger partial charge in [0.2, 0.25) is 0 Å². The van der Waals surface area contributed by atoms with Crippen LogP contribution in [0.5, 0.6) is 5.75 Å². The van der Waals surface area contributed by atoms with E-state index in [4.69, 9.17) is 4.74 Å². The molecule has 1 aromatic rings. The van der Waals surface area contributed by atoms with E-state index in [1.807, 2.05) is 6.92 Å². The molecule has 0 saturated carbocycles. The van der Waals surface area contributed by atoms with Gasteiger partial charge in [-0.2, -0.15) is 0 Å². The number of carbonyl (C=O) groups excluding carboxylic acids is 1. The van der Waals surface area contributed by atoms with Crippen molar-refractivity contribution in [2.45, 2.75) is 19.8 Å². The van der Waals surface area contributed by atoms with E-state index in [1.165, 1.54) is 0 Å². The van der Waals surface area contributed by atoms with E-state index in [0.29, 0.717) is 42.6 Å². The summed E-state index contributed by atoms with van der Waals surface area (Å²) in [5.41, 5.74) is 2.00. The fourth-order valence-electron chi connectivity index (χ4n) is 2.48. The van der Waals surface area contributed by atoms with Crippen LogP contribution in [0.25, 0.3) is 0 Å². The van der Waals surface area contributed by atoms with Crippen molar-refractivity contribution >= 4 is 15.7 Å². The van der Waals surface area contributed by atoms with Crippen LogP contribution in [-0.2, 0) is 16.3 Å². The second-order valence-corrected chi connectivity index (χ2v) is 8.16. The largest absolute Gasteiger partial charge is 0.489 e. The average molecular weight is 355 g/mol. The fourth-order valence-corrected chi connectivity index (χ4v) is 3.03. The summed E-state index contributed by atoms with van der Waals surface area (Å²) in [7, 11) is -3.10. The Balaban J connectivity index is 2.06. The van der Waals surface area contributed by atoms with Crippen molar-refractivity contribution in [3.63, 3.8) is 0 Å². The normalized spacial score (nSPS) is 15.4. The lowest BCUT2D eigenvalue weighted by atomic mass is 9.99. The summed E-state index contributed by atoms with van der Waals surface area (Å²) < 4.78 is 40.6. The number of hydrogen-bond acceptors (Lipinski definition) is 4. The maximum Gasteiger partial charge on any atom is 0.254 e. The molecule has 0 unspecified atom stereocenters. The molecule has 0 N–H and O–H groups in total. The van der Waals surface area contributed by atoms with Gasteiger partial charge in [-0.15, -0.1) is 0 Å². The standard InChI is InChI=1S/C17H22FNO4S/c1-3-13(11-18)12-23-15-4-5-16-14(10-15)6-7-19(17(16)20)8-9-24(2,21)22/h4-5,10-11H,3,6-9,12H2,1-2H3/b13-11+. The van der Waals surface area contributed by atoms with E-state index >= 15 is 0 Å². The Kier molecular flexibility index (Phi) is 5.99. The highest BCUT2D eigenvalue weighted by atomic mass is 32.2. The molecule has 1 heterocycles. The van der Waals surface area contributed by atoms with Gasteiger partial charge in [0.1, 0.15) is 22.2 Å². The topological polar surface area (TPSA) is 63.7 Å². The highest BCUT2D eigenvalue weighted by Crippen LogP contribution is 2.24. The quantitative estimate of drug-likeness (QED) is 0.753. The predicted octanol–water partition coefficient (Wildman–Crippen LogP) is 2.37. The maximum absolute atomic E-state index is 12.5. The van der Waals surface area contributed by atoms with Crippen LogP contribution in [0.4, 0.5) is 4.39 Å². The first kappa shape index (κ1) is 18.4. The summed E-state index contributed by atoms with van der Waals surface area (Å²) in [6, 6.07) is 5.17. The summed E-state index contributed by atoms with van der Waals surface area (Å²) in [5.74, 6) is 0.397. The van der Waals surface area contributed by atoms with Crippen molar-refractivity contribution in [3.05, 3.63) is 41.2 Å². The van der Waals surface area contributed by atoms with Gasteiger partial charge in [-0.1, -0.05) is 6.92 Å². The van der Waals surface area contributed by atoms with E-state index in [0.717, 1.165) is 11.8 Å². The molecule has 5 nitrogen and oxygen atoms in total. The van der Waals surface area contributed by atoms with E-state index in [9.17, 15) is 17.6 Å². The summed E-state index contributed by atoms with van der Waals surface area (Å²) >= 11 is 0. The zero-order valence-corrected chi connectivity index (χ0v) is 14.7. The third kappa shape index (κ3) is 4.80. The van der Waals surface area contributed by atoms with Crippen LogP contribution in [-0.4, -0.2) is 50.9 Å². The smallest absolute Gasteiger partial charge is 0.254 e. The molecule has 0 aliphatic carbocycles. The van der Waals surface area contributed by atoms with Crippen LogP contribution in [0.1, 0.15) is 29.3 Å². The summed E-state index contributed by atoms with van der Waals surface area (Å²) in [4.78, 5) is 14.0. The van der Waals surface area contributed by atoms with Crippen molar-refractivity contribution in [2.24, 2.45) is 0 Å². The fraction of sp³-hybridized carbons (Fsp3) is 0.471. The molecule has 132 valence electrons. The molecule has 0 fully saturated rings. The van der Waals surface area contributed by atoms with Crippen molar-refractivity contribution in [3.8, 4) is 5.75 Å². The average Bonchev–Trinajstić information content (AvgIpc) is 2.54. The molecule has 2 rings (SSSR count). The monoisotopic (exact) mass is 355 g/mol. The number of halogens is 1. The van der Waals surface area contributed by atoms with Crippen LogP contribution < -0.4 is 4.74 Å². The Morgan fingerprint density at radius 2 is 2.17 bits per heavy atom. The summed E-state index contributed by atoms with van der Waals surface area (Å²) in [6.45, 7) is 2.72. The number of nitrogens with zero attached hydrogens (tertiary/aromatic N) is 1. The number of carbonyl (C=O) groups is 1.